The van der Waals surface area contributed by atoms with Gasteiger partial charge in [0.25, 0.3) is 5.91 Å². The molecular weight excluding hydrogens is 296 g/mol. The van der Waals surface area contributed by atoms with Gasteiger partial charge in [-0.1, -0.05) is 19.3 Å². The van der Waals surface area contributed by atoms with Crippen LogP contribution < -0.4 is 5.32 Å². The molecule has 0 radical (unpaired) electrons. The van der Waals surface area contributed by atoms with Gasteiger partial charge in [-0.25, -0.2) is 0 Å². The second kappa shape index (κ2) is 6.98. The van der Waals surface area contributed by atoms with E-state index in [0.717, 1.165) is 19.3 Å². The van der Waals surface area contributed by atoms with Crippen LogP contribution in [0.15, 0.2) is 0 Å². The fourth-order valence-corrected chi connectivity index (χ4v) is 3.52. The Bertz CT molecular complexity index is 633. The Morgan fingerprint density at radius 2 is 1.78 bits per heavy atom. The summed E-state index contributed by atoms with van der Waals surface area (Å²) in [5.41, 5.74) is 2.16. The van der Waals surface area contributed by atoms with Crippen LogP contribution in [-0.2, 0) is 4.79 Å². The highest BCUT2D eigenvalue weighted by Crippen LogP contribution is 2.25. The summed E-state index contributed by atoms with van der Waals surface area (Å²) in [6, 6.07) is -0.369. The van der Waals surface area contributed by atoms with E-state index in [1.807, 2.05) is 0 Å². The Morgan fingerprint density at radius 1 is 1.13 bits per heavy atom. The van der Waals surface area contributed by atoms with E-state index >= 15 is 0 Å². The maximum Gasteiger partial charge on any atom is 0.308 e. The number of aromatic nitrogens is 1. The molecule has 1 aromatic rings. The van der Waals surface area contributed by atoms with E-state index in [1.54, 1.807) is 13.8 Å². The van der Waals surface area contributed by atoms with Gasteiger partial charge in [-0.15, -0.1) is 0 Å². The summed E-state index contributed by atoms with van der Waals surface area (Å²) in [6.45, 7) is 4.96. The molecule has 1 aromatic heterocycles. The van der Waals surface area contributed by atoms with E-state index in [4.69, 9.17) is 0 Å². The lowest BCUT2D eigenvalue weighted by Crippen LogP contribution is -2.43. The molecule has 2 atom stereocenters. The number of ketones is 1. The molecule has 6 heteroatoms. The number of hydrogen-bond donors (Lipinski definition) is 3. The first-order valence-corrected chi connectivity index (χ1v) is 8.06. The number of carbonyl (C=O) groups is 3. The van der Waals surface area contributed by atoms with Gasteiger partial charge in [0.2, 0.25) is 0 Å². The van der Waals surface area contributed by atoms with Crippen molar-refractivity contribution in [2.75, 3.05) is 0 Å². The third kappa shape index (κ3) is 3.63. The van der Waals surface area contributed by atoms with Crippen LogP contribution >= 0.6 is 0 Å². The molecule has 1 fully saturated rings. The molecule has 1 aliphatic rings. The smallest absolute Gasteiger partial charge is 0.308 e. The topological polar surface area (TPSA) is 99.3 Å². The van der Waals surface area contributed by atoms with Crippen LogP contribution in [-0.4, -0.2) is 33.8 Å². The summed E-state index contributed by atoms with van der Waals surface area (Å²) in [4.78, 5) is 38.6. The van der Waals surface area contributed by atoms with Gasteiger partial charge in [0.05, 0.1) is 5.92 Å². The quantitative estimate of drug-likeness (QED) is 0.586. The van der Waals surface area contributed by atoms with E-state index in [0.29, 0.717) is 35.4 Å². The van der Waals surface area contributed by atoms with Gasteiger partial charge >= 0.3 is 5.97 Å². The van der Waals surface area contributed by atoms with Crippen molar-refractivity contribution in [2.24, 2.45) is 5.92 Å². The number of aromatic amines is 1. The Morgan fingerprint density at radius 3 is 2.35 bits per heavy atom. The van der Waals surface area contributed by atoms with Gasteiger partial charge < -0.3 is 15.4 Å². The number of nitrogens with one attached hydrogen (secondary N) is 2. The van der Waals surface area contributed by atoms with E-state index < -0.39 is 11.9 Å². The number of H-pyrrole nitrogens is 1. The SMILES string of the molecule is CC(=O)c1c(C)[nH]c(C(=O)N[C@H]2CCCCC[C@H]2C(=O)O)c1C. The number of aliphatic carboxylic acids is 1. The van der Waals surface area contributed by atoms with Crippen LogP contribution in [0.2, 0.25) is 0 Å². The van der Waals surface area contributed by atoms with Crippen LogP contribution in [0.25, 0.3) is 0 Å². The summed E-state index contributed by atoms with van der Waals surface area (Å²) in [7, 11) is 0. The van der Waals surface area contributed by atoms with Gasteiger partial charge in [-0.2, -0.15) is 0 Å². The Labute approximate surface area is 135 Å². The lowest BCUT2D eigenvalue weighted by Gasteiger charge is -2.22. The van der Waals surface area contributed by atoms with Crippen molar-refractivity contribution in [1.29, 1.82) is 0 Å². The molecule has 3 N–H and O–H groups in total. The molecule has 0 saturated heterocycles. The number of Topliss-reactive ketones (excluding diaryl/α,β-unsaturated/α-hetero) is 1. The number of aryl methyl sites for hydroxylation is 1. The zero-order valence-electron chi connectivity index (χ0n) is 13.9. The minimum absolute atomic E-state index is 0.0896. The maximum atomic E-state index is 12.6. The van der Waals surface area contributed by atoms with Crippen LogP contribution in [0.3, 0.4) is 0 Å². The fraction of sp³-hybridized carbons (Fsp3) is 0.588. The molecule has 1 amide bonds. The lowest BCUT2D eigenvalue weighted by atomic mass is 9.94. The van der Waals surface area contributed by atoms with Crippen LogP contribution in [0.4, 0.5) is 0 Å². The van der Waals surface area contributed by atoms with Gasteiger partial charge in [-0.05, 0) is 39.2 Å². The van der Waals surface area contributed by atoms with Crippen molar-refractivity contribution in [2.45, 2.75) is 58.9 Å². The second-order valence-electron chi connectivity index (χ2n) is 6.34. The second-order valence-corrected chi connectivity index (χ2v) is 6.34. The number of hydrogen-bond acceptors (Lipinski definition) is 3. The molecule has 6 nitrogen and oxygen atoms in total. The molecule has 0 aliphatic heterocycles. The van der Waals surface area contributed by atoms with E-state index in [-0.39, 0.29) is 17.7 Å². The summed E-state index contributed by atoms with van der Waals surface area (Å²) < 4.78 is 0. The summed E-state index contributed by atoms with van der Waals surface area (Å²) in [5.74, 6) is -1.84. The standard InChI is InChI=1S/C17H24N2O4/c1-9-14(11(3)20)10(2)18-15(9)16(21)19-13-8-6-4-5-7-12(13)17(22)23/h12-13,18H,4-8H2,1-3H3,(H,19,21)(H,22,23)/t12-,13+/m1/s1. The Kier molecular flexibility index (Phi) is 5.23. The normalized spacial score (nSPS) is 21.5. The highest BCUT2D eigenvalue weighted by atomic mass is 16.4. The number of amides is 1. The van der Waals surface area contributed by atoms with Crippen molar-refractivity contribution >= 4 is 17.7 Å². The predicted molar refractivity (Wildman–Crippen MR) is 85.7 cm³/mol. The molecule has 1 heterocycles. The van der Waals surface area contributed by atoms with Crippen LogP contribution in [0.1, 0.15) is 71.1 Å². The van der Waals surface area contributed by atoms with Crippen molar-refractivity contribution in [3.63, 3.8) is 0 Å². The number of rotatable bonds is 4. The van der Waals surface area contributed by atoms with Gasteiger partial charge in [-0.3, -0.25) is 14.4 Å². The van der Waals surface area contributed by atoms with Gasteiger partial charge in [0.1, 0.15) is 5.69 Å². The molecule has 1 saturated carbocycles. The van der Waals surface area contributed by atoms with E-state index in [9.17, 15) is 19.5 Å². The zero-order valence-corrected chi connectivity index (χ0v) is 13.9. The molecule has 126 valence electrons. The first kappa shape index (κ1) is 17.2. The molecule has 1 aliphatic carbocycles. The fourth-order valence-electron chi connectivity index (χ4n) is 3.52. The number of carboxylic acids is 1. The molecule has 0 unspecified atom stereocenters. The van der Waals surface area contributed by atoms with Gasteiger partial charge in [0.15, 0.2) is 5.78 Å². The molecule has 23 heavy (non-hydrogen) atoms. The third-order valence-electron chi connectivity index (χ3n) is 4.67. The highest BCUT2D eigenvalue weighted by molar-refractivity contribution is 6.02. The lowest BCUT2D eigenvalue weighted by molar-refractivity contribution is -0.142. The first-order chi connectivity index (χ1) is 10.8. The first-order valence-electron chi connectivity index (χ1n) is 8.06. The van der Waals surface area contributed by atoms with Crippen molar-refractivity contribution < 1.29 is 19.5 Å². The monoisotopic (exact) mass is 320 g/mol. The average molecular weight is 320 g/mol. The molecule has 0 bridgehead atoms. The minimum atomic E-state index is -0.860. The molecule has 0 aromatic carbocycles. The van der Waals surface area contributed by atoms with Crippen molar-refractivity contribution in [3.8, 4) is 0 Å². The minimum Gasteiger partial charge on any atom is -0.481 e. The molecular formula is C17H24N2O4. The maximum absolute atomic E-state index is 12.6. The Hall–Kier alpha value is -2.11. The summed E-state index contributed by atoms with van der Waals surface area (Å²) >= 11 is 0. The largest absolute Gasteiger partial charge is 0.481 e. The number of carbonyl (C=O) groups excluding carboxylic acids is 2. The van der Waals surface area contributed by atoms with E-state index in [2.05, 4.69) is 10.3 Å². The van der Waals surface area contributed by atoms with Gasteiger partial charge in [0, 0.05) is 17.3 Å². The molecule has 0 spiro atoms. The van der Waals surface area contributed by atoms with Crippen LogP contribution in [0.5, 0.6) is 0 Å². The number of carboxylic acid groups (broad SMARTS) is 1. The summed E-state index contributed by atoms with van der Waals surface area (Å²) in [5, 5.41) is 12.3. The van der Waals surface area contributed by atoms with Crippen LogP contribution in [0, 0.1) is 19.8 Å². The van der Waals surface area contributed by atoms with Crippen molar-refractivity contribution in [3.05, 3.63) is 22.5 Å². The average Bonchev–Trinajstić information content (AvgIpc) is 2.62. The highest BCUT2D eigenvalue weighted by Gasteiger charge is 2.31. The predicted octanol–water partition coefficient (Wildman–Crippen LogP) is 2.60. The zero-order chi connectivity index (χ0) is 17.1. The van der Waals surface area contributed by atoms with Crippen molar-refractivity contribution in [1.82, 2.24) is 10.3 Å². The third-order valence-corrected chi connectivity index (χ3v) is 4.67. The Balaban J connectivity index is 2.22. The van der Waals surface area contributed by atoms with E-state index in [1.165, 1.54) is 6.92 Å². The molecule has 2 rings (SSSR count). The summed E-state index contributed by atoms with van der Waals surface area (Å²) in [6.07, 6.45) is 4.03.